The van der Waals surface area contributed by atoms with E-state index in [0.29, 0.717) is 5.92 Å². The smallest absolute Gasteiger partial charge is 0.270 e. The van der Waals surface area contributed by atoms with Gasteiger partial charge in [0, 0.05) is 65.8 Å². The number of benzene rings is 2. The van der Waals surface area contributed by atoms with Crippen LogP contribution in [0.4, 0.5) is 0 Å². The lowest BCUT2D eigenvalue weighted by molar-refractivity contribution is 0.0599. The van der Waals surface area contributed by atoms with Gasteiger partial charge >= 0.3 is 0 Å². The van der Waals surface area contributed by atoms with Gasteiger partial charge in [0.15, 0.2) is 0 Å². The lowest BCUT2D eigenvalue weighted by atomic mass is 9.89. The Morgan fingerprint density at radius 1 is 0.795 bits per heavy atom. The number of likely N-dealkylation sites (tertiary alicyclic amines) is 1. The third-order valence-corrected chi connectivity index (χ3v) is 9.96. The molecule has 0 atom stereocenters. The molecule has 1 aromatic heterocycles. The van der Waals surface area contributed by atoms with E-state index in [-0.39, 0.29) is 5.91 Å². The number of carbonyl (C=O) groups excluding carboxylic acids is 1. The van der Waals surface area contributed by atoms with Crippen molar-refractivity contribution < 1.29 is 4.79 Å². The van der Waals surface area contributed by atoms with Gasteiger partial charge in [0.1, 0.15) is 5.69 Å². The second-order valence-corrected chi connectivity index (χ2v) is 12.6. The summed E-state index contributed by atoms with van der Waals surface area (Å²) in [6.45, 7) is 7.48. The molecule has 0 radical (unpaired) electrons. The van der Waals surface area contributed by atoms with Crippen LogP contribution in [0.15, 0.2) is 42.5 Å². The Bertz CT molecular complexity index is 1260. The van der Waals surface area contributed by atoms with Gasteiger partial charge in [-0.3, -0.25) is 14.6 Å². The van der Waals surface area contributed by atoms with Crippen LogP contribution < -0.4 is 0 Å². The van der Waals surface area contributed by atoms with Gasteiger partial charge in [0.05, 0.1) is 0 Å². The summed E-state index contributed by atoms with van der Waals surface area (Å²) < 4.78 is 0. The highest BCUT2D eigenvalue weighted by Crippen LogP contribution is 2.38. The SMILES string of the molecule is O=C(c1[nH]c2ccccc2c1CN1CCC(c2c(Cl)cccc2Cl)CC1)N1CCN(CC2CCCCC2)CC1. The summed E-state index contributed by atoms with van der Waals surface area (Å²) in [6.07, 6.45) is 8.95. The van der Waals surface area contributed by atoms with Crippen molar-refractivity contribution in [1.82, 2.24) is 19.7 Å². The molecule has 1 N–H and O–H groups in total. The number of piperidine rings is 1. The second kappa shape index (κ2) is 12.2. The number of hydrogen-bond acceptors (Lipinski definition) is 3. The van der Waals surface area contributed by atoms with Crippen molar-refractivity contribution in [1.29, 1.82) is 0 Å². The van der Waals surface area contributed by atoms with Crippen LogP contribution in [-0.2, 0) is 6.54 Å². The molecular weight excluding hydrogens is 527 g/mol. The van der Waals surface area contributed by atoms with Crippen LogP contribution in [0.25, 0.3) is 10.9 Å². The zero-order chi connectivity index (χ0) is 26.8. The number of para-hydroxylation sites is 1. The molecule has 0 unspecified atom stereocenters. The third kappa shape index (κ3) is 6.02. The first-order valence-electron chi connectivity index (χ1n) is 14.8. The molecule has 7 heteroatoms. The molecule has 1 aliphatic carbocycles. The first-order chi connectivity index (χ1) is 19.1. The molecule has 0 spiro atoms. The largest absolute Gasteiger partial charge is 0.350 e. The van der Waals surface area contributed by atoms with Crippen LogP contribution in [0.3, 0.4) is 0 Å². The van der Waals surface area contributed by atoms with E-state index in [4.69, 9.17) is 23.2 Å². The second-order valence-electron chi connectivity index (χ2n) is 11.8. The Labute approximate surface area is 242 Å². The number of halogens is 2. The van der Waals surface area contributed by atoms with Gasteiger partial charge in [0.2, 0.25) is 0 Å². The van der Waals surface area contributed by atoms with Crippen molar-refractivity contribution in [3.05, 3.63) is 69.3 Å². The number of hydrogen-bond donors (Lipinski definition) is 1. The molecule has 3 aliphatic rings. The highest BCUT2D eigenvalue weighted by Gasteiger charge is 2.30. The van der Waals surface area contributed by atoms with Gasteiger partial charge in [-0.25, -0.2) is 0 Å². The van der Waals surface area contributed by atoms with Crippen molar-refractivity contribution in [2.45, 2.75) is 57.4 Å². The standard InChI is InChI=1S/C32H40Cl2N4O/c33-27-10-6-11-28(34)30(27)24-13-15-36(16-14-24)22-26-25-9-4-5-12-29(25)35-31(26)32(39)38-19-17-37(18-20-38)21-23-7-2-1-3-8-23/h4-6,9-12,23-24,35H,1-3,7-8,13-22H2. The lowest BCUT2D eigenvalue weighted by Crippen LogP contribution is -2.50. The average Bonchev–Trinajstić information content (AvgIpc) is 3.33. The highest BCUT2D eigenvalue weighted by molar-refractivity contribution is 6.36. The Balaban J connectivity index is 1.12. The van der Waals surface area contributed by atoms with E-state index in [9.17, 15) is 4.79 Å². The fraction of sp³-hybridized carbons (Fsp3) is 0.531. The molecule has 2 aliphatic heterocycles. The number of nitrogens with one attached hydrogen (secondary N) is 1. The number of piperazine rings is 1. The number of H-pyrrole nitrogens is 1. The Hall–Kier alpha value is -2.05. The van der Waals surface area contributed by atoms with E-state index in [2.05, 4.69) is 37.9 Å². The van der Waals surface area contributed by atoms with Crippen LogP contribution in [0, 0.1) is 5.92 Å². The minimum atomic E-state index is 0.149. The molecule has 6 rings (SSSR count). The maximum Gasteiger partial charge on any atom is 0.270 e. The molecule has 1 saturated carbocycles. The van der Waals surface area contributed by atoms with Crippen LogP contribution in [0.1, 0.15) is 72.5 Å². The Morgan fingerprint density at radius 3 is 2.21 bits per heavy atom. The monoisotopic (exact) mass is 566 g/mol. The molecule has 1 amide bonds. The lowest BCUT2D eigenvalue weighted by Gasteiger charge is -2.37. The Kier molecular flexibility index (Phi) is 8.50. The molecule has 3 fully saturated rings. The predicted octanol–water partition coefficient (Wildman–Crippen LogP) is 7.19. The minimum absolute atomic E-state index is 0.149. The highest BCUT2D eigenvalue weighted by atomic mass is 35.5. The van der Waals surface area contributed by atoms with Crippen molar-refractivity contribution >= 4 is 40.0 Å². The molecule has 3 aromatic rings. The van der Waals surface area contributed by atoms with E-state index >= 15 is 0 Å². The molecule has 2 aromatic carbocycles. The molecule has 3 heterocycles. The van der Waals surface area contributed by atoms with E-state index in [1.165, 1.54) is 38.6 Å². The van der Waals surface area contributed by atoms with Gasteiger partial charge < -0.3 is 9.88 Å². The van der Waals surface area contributed by atoms with E-state index in [1.807, 2.05) is 24.3 Å². The summed E-state index contributed by atoms with van der Waals surface area (Å²) >= 11 is 13.0. The molecule has 0 bridgehead atoms. The van der Waals surface area contributed by atoms with E-state index < -0.39 is 0 Å². The molecular formula is C32H40Cl2N4O. The quantitative estimate of drug-likeness (QED) is 0.343. The van der Waals surface area contributed by atoms with Gasteiger partial charge in [-0.2, -0.15) is 0 Å². The van der Waals surface area contributed by atoms with Crippen molar-refractivity contribution in [3.8, 4) is 0 Å². The number of rotatable bonds is 6. The van der Waals surface area contributed by atoms with Gasteiger partial charge in [0.25, 0.3) is 5.91 Å². The topological polar surface area (TPSA) is 42.6 Å². The minimum Gasteiger partial charge on any atom is -0.350 e. The van der Waals surface area contributed by atoms with Crippen molar-refractivity contribution in [3.63, 3.8) is 0 Å². The first kappa shape index (κ1) is 27.1. The summed E-state index contributed by atoms with van der Waals surface area (Å²) in [4.78, 5) is 24.5. The Morgan fingerprint density at radius 2 is 1.49 bits per heavy atom. The first-order valence-corrected chi connectivity index (χ1v) is 15.6. The molecule has 2 saturated heterocycles. The predicted molar refractivity (Wildman–Crippen MR) is 161 cm³/mol. The third-order valence-electron chi connectivity index (χ3n) is 9.31. The van der Waals surface area contributed by atoms with Crippen LogP contribution in [0.5, 0.6) is 0 Å². The van der Waals surface area contributed by atoms with Crippen molar-refractivity contribution in [2.24, 2.45) is 5.92 Å². The van der Waals surface area contributed by atoms with Crippen LogP contribution >= 0.6 is 23.2 Å². The number of nitrogens with zero attached hydrogens (tertiary/aromatic N) is 3. The number of aromatic amines is 1. The fourth-order valence-corrected chi connectivity index (χ4v) is 7.78. The zero-order valence-electron chi connectivity index (χ0n) is 22.8. The van der Waals surface area contributed by atoms with Crippen LogP contribution in [0.2, 0.25) is 10.0 Å². The number of amides is 1. The summed E-state index contributed by atoms with van der Waals surface area (Å²) in [5.74, 6) is 1.37. The normalized spacial score (nSPS) is 20.6. The van der Waals surface area contributed by atoms with Gasteiger partial charge in [-0.15, -0.1) is 0 Å². The van der Waals surface area contributed by atoms with E-state index in [0.717, 1.165) is 102 Å². The summed E-state index contributed by atoms with van der Waals surface area (Å²) in [5.41, 5.74) is 4.04. The van der Waals surface area contributed by atoms with Crippen LogP contribution in [-0.4, -0.2) is 71.4 Å². The van der Waals surface area contributed by atoms with Gasteiger partial charge in [-0.1, -0.05) is 66.7 Å². The number of fused-ring (bicyclic) bond motifs is 1. The molecule has 39 heavy (non-hydrogen) atoms. The van der Waals surface area contributed by atoms with E-state index in [1.54, 1.807) is 0 Å². The summed E-state index contributed by atoms with van der Waals surface area (Å²) in [7, 11) is 0. The summed E-state index contributed by atoms with van der Waals surface area (Å²) in [5, 5.41) is 2.70. The maximum atomic E-state index is 13.9. The average molecular weight is 568 g/mol. The fourth-order valence-electron chi connectivity index (χ4n) is 7.08. The molecule has 5 nitrogen and oxygen atoms in total. The number of aromatic nitrogens is 1. The molecule has 208 valence electrons. The van der Waals surface area contributed by atoms with Crippen molar-refractivity contribution in [2.75, 3.05) is 45.8 Å². The zero-order valence-corrected chi connectivity index (χ0v) is 24.3. The number of carbonyl (C=O) groups is 1. The summed E-state index contributed by atoms with van der Waals surface area (Å²) in [6, 6.07) is 14.1. The maximum absolute atomic E-state index is 13.9. The van der Waals surface area contributed by atoms with Gasteiger partial charge in [-0.05, 0) is 74.4 Å².